The SMILES string of the molecule is Cc1cc(/C=C2\SC(=O)N(c3ccccc3)C2=O)c(C)n1-c1ccc(Oc2ccc([N+](=O)[O-])cn2)cc1. The minimum atomic E-state index is -0.518. The molecule has 10 heteroatoms. The molecule has 0 spiro atoms. The molecule has 184 valence electrons. The molecule has 2 aromatic carbocycles. The van der Waals surface area contributed by atoms with E-state index in [0.717, 1.165) is 40.6 Å². The Morgan fingerprint density at radius 1 is 0.973 bits per heavy atom. The van der Waals surface area contributed by atoms with Crippen molar-refractivity contribution in [3.05, 3.63) is 111 Å². The van der Waals surface area contributed by atoms with Gasteiger partial charge in [-0.15, -0.1) is 0 Å². The number of hydrogen-bond donors (Lipinski definition) is 0. The number of thioether (sulfide) groups is 1. The lowest BCUT2D eigenvalue weighted by Crippen LogP contribution is -2.27. The molecule has 0 saturated carbocycles. The van der Waals surface area contributed by atoms with Gasteiger partial charge in [0, 0.05) is 29.2 Å². The summed E-state index contributed by atoms with van der Waals surface area (Å²) in [5.74, 6) is 0.438. The third-order valence-electron chi connectivity index (χ3n) is 5.81. The number of para-hydroxylation sites is 1. The van der Waals surface area contributed by atoms with Gasteiger partial charge in [-0.2, -0.15) is 0 Å². The first-order valence-corrected chi connectivity index (χ1v) is 12.0. The van der Waals surface area contributed by atoms with Crippen LogP contribution < -0.4 is 9.64 Å². The van der Waals surface area contributed by atoms with Crippen LogP contribution in [0.15, 0.2) is 83.9 Å². The van der Waals surface area contributed by atoms with Crippen LogP contribution >= 0.6 is 11.8 Å². The van der Waals surface area contributed by atoms with Crippen molar-refractivity contribution in [2.24, 2.45) is 0 Å². The molecule has 4 aromatic rings. The van der Waals surface area contributed by atoms with Crippen LogP contribution in [0.3, 0.4) is 0 Å². The van der Waals surface area contributed by atoms with Crippen molar-refractivity contribution in [3.8, 4) is 17.3 Å². The first-order chi connectivity index (χ1) is 17.8. The van der Waals surface area contributed by atoms with Gasteiger partial charge >= 0.3 is 0 Å². The van der Waals surface area contributed by atoms with Crippen LogP contribution in [0.2, 0.25) is 0 Å². The van der Waals surface area contributed by atoms with Gasteiger partial charge in [0.15, 0.2) is 0 Å². The monoisotopic (exact) mass is 512 g/mol. The fourth-order valence-corrected chi connectivity index (χ4v) is 4.90. The van der Waals surface area contributed by atoms with E-state index < -0.39 is 4.92 Å². The lowest BCUT2D eigenvalue weighted by atomic mass is 10.2. The molecule has 1 fully saturated rings. The molecule has 9 nitrogen and oxygen atoms in total. The third-order valence-corrected chi connectivity index (χ3v) is 6.68. The number of benzene rings is 2. The van der Waals surface area contributed by atoms with Crippen LogP contribution in [-0.4, -0.2) is 25.6 Å². The fraction of sp³-hybridized carbons (Fsp3) is 0.0741. The van der Waals surface area contributed by atoms with E-state index in [1.165, 1.54) is 17.0 Å². The lowest BCUT2D eigenvalue weighted by Gasteiger charge is -2.12. The Balaban J connectivity index is 1.37. The molecular weight excluding hydrogens is 492 g/mol. The average Bonchev–Trinajstić information content (AvgIpc) is 3.33. The highest BCUT2D eigenvalue weighted by Gasteiger charge is 2.36. The number of rotatable bonds is 6. The molecule has 37 heavy (non-hydrogen) atoms. The number of nitro groups is 1. The lowest BCUT2D eigenvalue weighted by molar-refractivity contribution is -0.385. The molecule has 0 bridgehead atoms. The van der Waals surface area contributed by atoms with Crippen molar-refractivity contribution in [2.75, 3.05) is 4.90 Å². The van der Waals surface area contributed by atoms with E-state index in [9.17, 15) is 19.7 Å². The van der Waals surface area contributed by atoms with Crippen LogP contribution in [0.5, 0.6) is 11.6 Å². The van der Waals surface area contributed by atoms with E-state index in [2.05, 4.69) is 4.98 Å². The van der Waals surface area contributed by atoms with E-state index in [1.54, 1.807) is 42.5 Å². The van der Waals surface area contributed by atoms with Crippen LogP contribution in [0.1, 0.15) is 17.0 Å². The number of nitrogens with zero attached hydrogens (tertiary/aromatic N) is 4. The van der Waals surface area contributed by atoms with E-state index in [4.69, 9.17) is 4.74 Å². The van der Waals surface area contributed by atoms with Gasteiger partial charge in [0.2, 0.25) is 5.88 Å². The summed E-state index contributed by atoms with van der Waals surface area (Å²) >= 11 is 0.926. The molecule has 0 radical (unpaired) electrons. The Morgan fingerprint density at radius 2 is 1.70 bits per heavy atom. The van der Waals surface area contributed by atoms with Gasteiger partial charge in [-0.3, -0.25) is 19.7 Å². The summed E-state index contributed by atoms with van der Waals surface area (Å²) in [6.07, 6.45) is 2.90. The maximum atomic E-state index is 13.0. The first-order valence-electron chi connectivity index (χ1n) is 11.2. The molecule has 2 aromatic heterocycles. The highest BCUT2D eigenvalue weighted by molar-refractivity contribution is 8.19. The second kappa shape index (κ2) is 9.75. The number of ether oxygens (including phenoxy) is 1. The molecule has 2 amide bonds. The van der Waals surface area contributed by atoms with Gasteiger partial charge < -0.3 is 9.30 Å². The zero-order valence-electron chi connectivity index (χ0n) is 19.8. The number of anilines is 1. The zero-order chi connectivity index (χ0) is 26.1. The summed E-state index contributed by atoms with van der Waals surface area (Å²) in [7, 11) is 0. The molecule has 1 aliphatic rings. The molecule has 0 atom stereocenters. The quantitative estimate of drug-likeness (QED) is 0.166. The zero-order valence-corrected chi connectivity index (χ0v) is 20.6. The van der Waals surface area contributed by atoms with E-state index in [1.807, 2.05) is 42.7 Å². The second-order valence-corrected chi connectivity index (χ2v) is 9.22. The molecule has 3 heterocycles. The summed E-state index contributed by atoms with van der Waals surface area (Å²) in [6.45, 7) is 3.91. The third kappa shape index (κ3) is 4.74. The van der Waals surface area contributed by atoms with Gasteiger partial charge in [0.25, 0.3) is 16.8 Å². The normalized spacial score (nSPS) is 14.4. The number of pyridine rings is 1. The highest BCUT2D eigenvalue weighted by Crippen LogP contribution is 2.36. The van der Waals surface area contributed by atoms with Crippen LogP contribution in [0, 0.1) is 24.0 Å². The van der Waals surface area contributed by atoms with E-state index in [-0.39, 0.29) is 22.7 Å². The summed E-state index contributed by atoms with van der Waals surface area (Å²) in [5, 5.41) is 10.5. The van der Waals surface area contributed by atoms with Crippen LogP contribution in [0.25, 0.3) is 11.8 Å². The number of carbonyl (C=O) groups excluding carboxylic acids is 2. The highest BCUT2D eigenvalue weighted by atomic mass is 32.2. The van der Waals surface area contributed by atoms with Gasteiger partial charge in [-0.25, -0.2) is 9.88 Å². The van der Waals surface area contributed by atoms with Crippen molar-refractivity contribution in [1.29, 1.82) is 0 Å². The maximum Gasteiger partial charge on any atom is 0.298 e. The van der Waals surface area contributed by atoms with Crippen molar-refractivity contribution in [2.45, 2.75) is 13.8 Å². The predicted octanol–water partition coefficient (Wildman–Crippen LogP) is 6.43. The van der Waals surface area contributed by atoms with Gasteiger partial charge in [0.05, 0.1) is 15.5 Å². The average molecular weight is 513 g/mol. The summed E-state index contributed by atoms with van der Waals surface area (Å²) in [6, 6.07) is 20.9. The maximum absolute atomic E-state index is 13.0. The minimum absolute atomic E-state index is 0.109. The Morgan fingerprint density at radius 3 is 2.35 bits per heavy atom. The summed E-state index contributed by atoms with van der Waals surface area (Å²) in [4.78, 5) is 41.3. The van der Waals surface area contributed by atoms with Crippen molar-refractivity contribution in [3.63, 3.8) is 0 Å². The van der Waals surface area contributed by atoms with Crippen LogP contribution in [0.4, 0.5) is 16.2 Å². The van der Waals surface area contributed by atoms with E-state index in [0.29, 0.717) is 16.3 Å². The van der Waals surface area contributed by atoms with Crippen molar-refractivity contribution in [1.82, 2.24) is 9.55 Å². The molecule has 5 rings (SSSR count). The standard InChI is InChI=1S/C27H20N4O5S/c1-17-14-19(15-24-26(32)30(27(33)37-24)20-6-4-3-5-7-20)18(2)29(17)21-8-11-23(12-9-21)36-25-13-10-22(16-28-25)31(34)35/h3-16H,1-2H3/b24-15-. The number of aryl methyl sites for hydroxylation is 1. The molecule has 0 aliphatic carbocycles. The summed E-state index contributed by atoms with van der Waals surface area (Å²) in [5.41, 5.74) is 4.03. The fourth-order valence-electron chi connectivity index (χ4n) is 4.06. The van der Waals surface area contributed by atoms with Crippen LogP contribution in [-0.2, 0) is 4.79 Å². The van der Waals surface area contributed by atoms with Crippen molar-refractivity contribution < 1.29 is 19.2 Å². The minimum Gasteiger partial charge on any atom is -0.439 e. The number of hydrogen-bond acceptors (Lipinski definition) is 7. The largest absolute Gasteiger partial charge is 0.439 e. The number of aromatic nitrogens is 2. The predicted molar refractivity (Wildman–Crippen MR) is 141 cm³/mol. The number of amides is 2. The first kappa shape index (κ1) is 24.0. The molecular formula is C27H20N4O5S. The van der Waals surface area contributed by atoms with Crippen molar-refractivity contribution >= 4 is 40.4 Å². The summed E-state index contributed by atoms with van der Waals surface area (Å²) < 4.78 is 7.74. The Hall–Kier alpha value is -4.70. The van der Waals surface area contributed by atoms with Gasteiger partial charge in [-0.05, 0) is 79.7 Å². The molecule has 0 N–H and O–H groups in total. The van der Waals surface area contributed by atoms with Gasteiger partial charge in [0.1, 0.15) is 11.9 Å². The number of carbonyl (C=O) groups is 2. The molecule has 0 unspecified atom stereocenters. The van der Waals surface area contributed by atoms with E-state index >= 15 is 0 Å². The molecule has 1 saturated heterocycles. The molecule has 1 aliphatic heterocycles. The Labute approximate surface area is 216 Å². The van der Waals surface area contributed by atoms with Gasteiger partial charge in [-0.1, -0.05) is 18.2 Å². The topological polar surface area (TPSA) is 108 Å². The smallest absolute Gasteiger partial charge is 0.298 e. The Kier molecular flexibility index (Phi) is 6.33. The second-order valence-electron chi connectivity index (χ2n) is 8.22. The Bertz CT molecular complexity index is 1540. The number of imide groups is 1.